The number of carbonyl (C=O) groups excluding carboxylic acids is 1. The average molecular weight is 195 g/mol. The molecule has 76 valence electrons. The molecule has 0 aliphatic carbocycles. The van der Waals surface area contributed by atoms with Gasteiger partial charge >= 0.3 is 0 Å². The molecular formula is C9H13N3O2. The molecule has 0 aliphatic rings. The molecule has 1 heterocycles. The lowest BCUT2D eigenvalue weighted by Gasteiger charge is -2.14. The molecule has 5 nitrogen and oxygen atoms in total. The normalized spacial score (nSPS) is 9.86. The lowest BCUT2D eigenvalue weighted by molar-refractivity contribution is -0.123. The van der Waals surface area contributed by atoms with E-state index in [0.29, 0.717) is 12.4 Å². The van der Waals surface area contributed by atoms with Crippen LogP contribution in [-0.2, 0) is 9.53 Å². The van der Waals surface area contributed by atoms with Gasteiger partial charge in [0.05, 0.1) is 0 Å². The molecule has 14 heavy (non-hydrogen) atoms. The molecule has 0 aromatic carbocycles. The van der Waals surface area contributed by atoms with Gasteiger partial charge in [-0.1, -0.05) is 6.07 Å². The number of hydrogen-bond donors (Lipinski definition) is 1. The summed E-state index contributed by atoms with van der Waals surface area (Å²) in [6, 6.07) is 5.17. The van der Waals surface area contributed by atoms with Crippen LogP contribution in [-0.4, -0.2) is 24.1 Å². The number of nitrogens with two attached hydrogens (primary N) is 1. The number of hydrazine groups is 1. The van der Waals surface area contributed by atoms with Gasteiger partial charge in [-0.3, -0.25) is 4.79 Å². The summed E-state index contributed by atoms with van der Waals surface area (Å²) < 4.78 is 4.94. The fourth-order valence-electron chi connectivity index (χ4n) is 0.883. The van der Waals surface area contributed by atoms with Gasteiger partial charge in [0, 0.05) is 12.8 Å². The Morgan fingerprint density at radius 1 is 1.64 bits per heavy atom. The predicted molar refractivity (Wildman–Crippen MR) is 52.4 cm³/mol. The molecule has 0 saturated heterocycles. The lowest BCUT2D eigenvalue weighted by atomic mass is 10.4. The van der Waals surface area contributed by atoms with Gasteiger partial charge in [0.15, 0.2) is 0 Å². The fraction of sp³-hybridized carbons (Fsp3) is 0.333. The maximum Gasteiger partial charge on any atom is 0.268 e. The zero-order chi connectivity index (χ0) is 10.4. The van der Waals surface area contributed by atoms with Crippen LogP contribution < -0.4 is 10.9 Å². The fourth-order valence-corrected chi connectivity index (χ4v) is 0.883. The van der Waals surface area contributed by atoms with E-state index >= 15 is 0 Å². The summed E-state index contributed by atoms with van der Waals surface area (Å²) in [7, 11) is 0. The Labute approximate surface area is 82.5 Å². The lowest BCUT2D eigenvalue weighted by Crippen LogP contribution is -2.40. The van der Waals surface area contributed by atoms with E-state index in [-0.39, 0.29) is 12.5 Å². The number of nitrogens with zero attached hydrogens (tertiary/aromatic N) is 2. The van der Waals surface area contributed by atoms with E-state index in [4.69, 9.17) is 10.6 Å². The van der Waals surface area contributed by atoms with Crippen LogP contribution in [0.3, 0.4) is 0 Å². The van der Waals surface area contributed by atoms with Crippen molar-refractivity contribution < 1.29 is 9.53 Å². The molecule has 1 aromatic heterocycles. The number of rotatable bonds is 4. The van der Waals surface area contributed by atoms with Crippen LogP contribution in [0.2, 0.25) is 0 Å². The van der Waals surface area contributed by atoms with Crippen LogP contribution in [0.15, 0.2) is 24.4 Å². The summed E-state index contributed by atoms with van der Waals surface area (Å²) in [5.74, 6) is 5.62. The number of anilines is 1. The zero-order valence-electron chi connectivity index (χ0n) is 8.01. The maximum atomic E-state index is 11.3. The highest BCUT2D eigenvalue weighted by atomic mass is 16.5. The van der Waals surface area contributed by atoms with Crippen LogP contribution in [0.5, 0.6) is 0 Å². The van der Waals surface area contributed by atoms with Crippen molar-refractivity contribution in [2.24, 2.45) is 5.84 Å². The topological polar surface area (TPSA) is 68.5 Å². The maximum absolute atomic E-state index is 11.3. The third-order valence-corrected chi connectivity index (χ3v) is 1.59. The Morgan fingerprint density at radius 2 is 2.43 bits per heavy atom. The summed E-state index contributed by atoms with van der Waals surface area (Å²) in [6.45, 7) is 2.28. The van der Waals surface area contributed by atoms with E-state index in [1.54, 1.807) is 24.4 Å². The molecule has 0 radical (unpaired) electrons. The summed E-state index contributed by atoms with van der Waals surface area (Å²) in [6.07, 6.45) is 1.57. The van der Waals surface area contributed by atoms with Crippen LogP contribution in [0.4, 0.5) is 5.82 Å². The van der Waals surface area contributed by atoms with Gasteiger partial charge in [-0.15, -0.1) is 0 Å². The first-order valence-electron chi connectivity index (χ1n) is 4.32. The van der Waals surface area contributed by atoms with Gasteiger partial charge in [0.2, 0.25) is 0 Å². The Morgan fingerprint density at radius 3 is 3.00 bits per heavy atom. The molecular weight excluding hydrogens is 182 g/mol. The summed E-state index contributed by atoms with van der Waals surface area (Å²) in [5.41, 5.74) is 0. The molecule has 0 unspecified atom stereocenters. The average Bonchev–Trinajstić information content (AvgIpc) is 2.26. The van der Waals surface area contributed by atoms with Gasteiger partial charge < -0.3 is 4.74 Å². The molecule has 1 amide bonds. The highest BCUT2D eigenvalue weighted by Crippen LogP contribution is 2.04. The number of ether oxygens (including phenoxy) is 1. The summed E-state index contributed by atoms with van der Waals surface area (Å²) in [4.78, 5) is 15.3. The molecule has 0 fully saturated rings. The van der Waals surface area contributed by atoms with Gasteiger partial charge in [-0.05, 0) is 19.1 Å². The van der Waals surface area contributed by atoms with E-state index in [1.165, 1.54) is 0 Å². The van der Waals surface area contributed by atoms with Crippen LogP contribution in [0.1, 0.15) is 6.92 Å². The van der Waals surface area contributed by atoms with Crippen LogP contribution >= 0.6 is 0 Å². The van der Waals surface area contributed by atoms with Gasteiger partial charge in [0.1, 0.15) is 12.4 Å². The third kappa shape index (κ3) is 2.79. The number of hydrogen-bond acceptors (Lipinski definition) is 4. The number of amides is 1. The van der Waals surface area contributed by atoms with Gasteiger partial charge in [-0.2, -0.15) is 0 Å². The minimum absolute atomic E-state index is 0.0242. The van der Waals surface area contributed by atoms with Crippen LogP contribution in [0.25, 0.3) is 0 Å². The Hall–Kier alpha value is -1.46. The standard InChI is InChI=1S/C9H13N3O2/c1-2-14-7-9(13)12(10)8-5-3-4-6-11-8/h3-6H,2,7,10H2,1H3. The second-order valence-electron chi connectivity index (χ2n) is 2.59. The van der Waals surface area contributed by atoms with Crippen LogP contribution in [0, 0.1) is 0 Å². The Balaban J connectivity index is 2.57. The molecule has 5 heteroatoms. The minimum atomic E-state index is -0.314. The molecule has 1 aromatic rings. The van der Waals surface area contributed by atoms with Crippen molar-refractivity contribution in [1.29, 1.82) is 0 Å². The van der Waals surface area contributed by atoms with Crippen molar-refractivity contribution in [2.45, 2.75) is 6.92 Å². The van der Waals surface area contributed by atoms with Gasteiger partial charge in [0.25, 0.3) is 5.91 Å². The first-order chi connectivity index (χ1) is 6.75. The Kier molecular flexibility index (Phi) is 4.03. The molecule has 2 N–H and O–H groups in total. The number of pyridine rings is 1. The predicted octanol–water partition coefficient (Wildman–Crippen LogP) is 0.325. The quantitative estimate of drug-likeness (QED) is 0.427. The molecule has 0 bridgehead atoms. The Bertz CT molecular complexity index is 289. The van der Waals surface area contributed by atoms with E-state index in [0.717, 1.165) is 5.01 Å². The van der Waals surface area contributed by atoms with Gasteiger partial charge in [-0.25, -0.2) is 15.8 Å². The van der Waals surface area contributed by atoms with Crippen molar-refractivity contribution >= 4 is 11.7 Å². The monoisotopic (exact) mass is 195 g/mol. The first kappa shape index (κ1) is 10.6. The van der Waals surface area contributed by atoms with E-state index < -0.39 is 0 Å². The van der Waals surface area contributed by atoms with Crippen molar-refractivity contribution in [1.82, 2.24) is 4.98 Å². The van der Waals surface area contributed by atoms with Crippen molar-refractivity contribution in [3.05, 3.63) is 24.4 Å². The molecule has 0 spiro atoms. The van der Waals surface area contributed by atoms with E-state index in [9.17, 15) is 4.79 Å². The molecule has 0 aliphatic heterocycles. The molecule has 0 atom stereocenters. The molecule has 1 rings (SSSR count). The highest BCUT2D eigenvalue weighted by molar-refractivity contribution is 5.92. The minimum Gasteiger partial charge on any atom is -0.372 e. The first-order valence-corrected chi connectivity index (χ1v) is 4.32. The second-order valence-corrected chi connectivity index (χ2v) is 2.59. The number of aromatic nitrogens is 1. The molecule has 0 saturated carbocycles. The van der Waals surface area contributed by atoms with Crippen molar-refractivity contribution in [3.8, 4) is 0 Å². The van der Waals surface area contributed by atoms with E-state index in [2.05, 4.69) is 4.98 Å². The SMILES string of the molecule is CCOCC(=O)N(N)c1ccccn1. The highest BCUT2D eigenvalue weighted by Gasteiger charge is 2.11. The zero-order valence-corrected chi connectivity index (χ0v) is 8.01. The smallest absolute Gasteiger partial charge is 0.268 e. The third-order valence-electron chi connectivity index (χ3n) is 1.59. The van der Waals surface area contributed by atoms with E-state index in [1.807, 2.05) is 6.92 Å². The van der Waals surface area contributed by atoms with Crippen molar-refractivity contribution in [2.75, 3.05) is 18.2 Å². The summed E-state index contributed by atoms with van der Waals surface area (Å²) in [5, 5.41) is 0.982. The number of carbonyl (C=O) groups is 1. The second kappa shape index (κ2) is 5.31. The largest absolute Gasteiger partial charge is 0.372 e. The summed E-state index contributed by atoms with van der Waals surface area (Å²) >= 11 is 0. The van der Waals surface area contributed by atoms with Crippen molar-refractivity contribution in [3.63, 3.8) is 0 Å².